The molecule has 1 unspecified atom stereocenters. The first-order valence-corrected chi connectivity index (χ1v) is 18.9. The van der Waals surface area contributed by atoms with Crippen LogP contribution >= 0.6 is 0 Å². The second-order valence-corrected chi connectivity index (χ2v) is 13.5. The van der Waals surface area contributed by atoms with Crippen LogP contribution in [0, 0.1) is 10.1 Å². The Balaban J connectivity index is 1.10. The maximum atomic E-state index is 13.8. The van der Waals surface area contributed by atoms with Crippen LogP contribution in [0.2, 0.25) is 0 Å². The third kappa shape index (κ3) is 10.9. The molecule has 0 radical (unpaired) electrons. The molecule has 4 aromatic carbocycles. The number of para-hydroxylation sites is 1. The van der Waals surface area contributed by atoms with E-state index in [-0.39, 0.29) is 18.6 Å². The molecule has 0 spiro atoms. The summed E-state index contributed by atoms with van der Waals surface area (Å²) in [7, 11) is 3.36. The number of carbonyl (C=O) groups is 1. The van der Waals surface area contributed by atoms with Crippen LogP contribution < -0.4 is 28.7 Å². The Hall–Kier alpha value is -5.73. The molecule has 1 saturated heterocycles. The molecule has 0 aromatic heterocycles. The molecule has 6 rings (SSSR count). The monoisotopic (exact) mass is 770 g/mol. The molecule has 0 N–H and O–H groups in total. The van der Waals surface area contributed by atoms with E-state index in [1.165, 1.54) is 0 Å². The Morgan fingerprint density at radius 3 is 2.52 bits per heavy atom. The van der Waals surface area contributed by atoms with Gasteiger partial charge in [0.25, 0.3) is 11.0 Å². The number of hydrogen-bond acceptors (Lipinski definition) is 12. The smallest absolute Gasteiger partial charge is 0.294 e. The number of amides is 1. The summed E-state index contributed by atoms with van der Waals surface area (Å²) in [6.07, 6.45) is 1.63. The molecule has 1 amide bonds. The lowest BCUT2D eigenvalue weighted by molar-refractivity contribution is -0.763. The van der Waals surface area contributed by atoms with Crippen molar-refractivity contribution in [3.8, 4) is 23.0 Å². The number of rotatable bonds is 20. The first-order valence-electron chi connectivity index (χ1n) is 18.9. The van der Waals surface area contributed by atoms with Gasteiger partial charge in [-0.1, -0.05) is 30.3 Å². The number of hydrogen-bond donors (Lipinski definition) is 0. The Bertz CT molecular complexity index is 1880. The maximum absolute atomic E-state index is 13.8. The lowest BCUT2D eigenvalue weighted by Gasteiger charge is -2.42. The number of methoxy groups -OCH3 is 2. The van der Waals surface area contributed by atoms with Crippen molar-refractivity contribution >= 4 is 17.3 Å². The summed E-state index contributed by atoms with van der Waals surface area (Å²) in [6, 6.07) is 28.3. The van der Waals surface area contributed by atoms with Gasteiger partial charge < -0.3 is 48.0 Å². The molecule has 2 heterocycles. The molecule has 2 aliphatic heterocycles. The van der Waals surface area contributed by atoms with Crippen LogP contribution in [-0.2, 0) is 27.5 Å². The van der Waals surface area contributed by atoms with Crippen LogP contribution in [0.5, 0.6) is 23.0 Å². The maximum Gasteiger partial charge on any atom is 0.294 e. The molecule has 298 valence electrons. The molecular weight excluding hydrogens is 720 g/mol. The number of piperazine rings is 1. The minimum absolute atomic E-state index is 0.161. The number of benzene rings is 4. The SMILES string of the molecule is COCCCN1CCOc2ccc(OCC3CN(C(=O)c4cccc(CO[N+](=O)[O-])c4)CCN3c3ccc(OCCCOCc4ccccc4OC)cc3)cc21. The summed E-state index contributed by atoms with van der Waals surface area (Å²) >= 11 is 0. The zero-order chi connectivity index (χ0) is 39.1. The highest BCUT2D eigenvalue weighted by Gasteiger charge is 2.31. The van der Waals surface area contributed by atoms with Crippen LogP contribution in [0.25, 0.3) is 0 Å². The molecular formula is C42H50N4O10. The Morgan fingerprint density at radius 1 is 0.857 bits per heavy atom. The standard InChI is InChI=1S/C42H50N4O10/c1-50-22-6-18-43-21-25-54-41-17-16-38(27-39(41)43)55-31-36-28-44(42(47)33-10-5-8-32(26-33)29-56-46(48)49)19-20-45(36)35-12-14-37(15-13-35)53-24-7-23-52-30-34-9-3-4-11-40(34)51-2/h3-5,8-17,26-27,36H,6-7,18-25,28-31H2,1-2H3. The fraction of sp³-hybridized carbons (Fsp3) is 0.405. The molecule has 0 bridgehead atoms. The van der Waals surface area contributed by atoms with Crippen molar-refractivity contribution < 1.29 is 43.1 Å². The van der Waals surface area contributed by atoms with Crippen molar-refractivity contribution in [2.24, 2.45) is 0 Å². The molecule has 14 nitrogen and oxygen atoms in total. The Morgan fingerprint density at radius 2 is 1.70 bits per heavy atom. The minimum atomic E-state index is -0.841. The molecule has 0 saturated carbocycles. The van der Waals surface area contributed by atoms with Crippen molar-refractivity contribution in [3.63, 3.8) is 0 Å². The zero-order valence-electron chi connectivity index (χ0n) is 32.0. The molecule has 2 aliphatic rings. The number of carbonyl (C=O) groups excluding carboxylic acids is 1. The second-order valence-electron chi connectivity index (χ2n) is 13.5. The van der Waals surface area contributed by atoms with Crippen LogP contribution in [0.1, 0.15) is 34.3 Å². The van der Waals surface area contributed by atoms with Crippen molar-refractivity contribution in [1.82, 2.24) is 4.90 Å². The van der Waals surface area contributed by atoms with Crippen molar-refractivity contribution in [1.29, 1.82) is 0 Å². The van der Waals surface area contributed by atoms with E-state index in [0.717, 1.165) is 60.1 Å². The van der Waals surface area contributed by atoms with E-state index >= 15 is 0 Å². The molecule has 1 atom stereocenters. The number of fused-ring (bicyclic) bond motifs is 1. The third-order valence-corrected chi connectivity index (χ3v) is 9.71. The fourth-order valence-corrected chi connectivity index (χ4v) is 6.88. The second kappa shape index (κ2) is 20.3. The van der Waals surface area contributed by atoms with Crippen molar-refractivity contribution in [2.45, 2.75) is 32.1 Å². The summed E-state index contributed by atoms with van der Waals surface area (Å²) in [4.78, 5) is 35.5. The van der Waals surface area contributed by atoms with Gasteiger partial charge in [-0.05, 0) is 66.6 Å². The lowest BCUT2D eigenvalue weighted by Crippen LogP contribution is -2.57. The molecule has 4 aromatic rings. The number of anilines is 2. The molecule has 1 fully saturated rings. The van der Waals surface area contributed by atoms with Crippen molar-refractivity contribution in [3.05, 3.63) is 118 Å². The first-order chi connectivity index (χ1) is 27.4. The van der Waals surface area contributed by atoms with Gasteiger partial charge in [-0.25, -0.2) is 0 Å². The van der Waals surface area contributed by atoms with Crippen molar-refractivity contribution in [2.75, 3.05) is 89.8 Å². The van der Waals surface area contributed by atoms with E-state index in [1.807, 2.05) is 71.6 Å². The van der Waals surface area contributed by atoms with Crippen LogP contribution in [0.3, 0.4) is 0 Å². The van der Waals surface area contributed by atoms with E-state index in [1.54, 1.807) is 38.5 Å². The van der Waals surface area contributed by atoms with Gasteiger partial charge in [0.15, 0.2) is 0 Å². The van der Waals surface area contributed by atoms with Gasteiger partial charge >= 0.3 is 0 Å². The number of ether oxygens (including phenoxy) is 6. The quantitative estimate of drug-likeness (QED) is 0.0590. The topological polar surface area (TPSA) is 135 Å². The predicted molar refractivity (Wildman–Crippen MR) is 211 cm³/mol. The van der Waals surface area contributed by atoms with E-state index in [0.29, 0.717) is 76.2 Å². The fourth-order valence-electron chi connectivity index (χ4n) is 6.88. The third-order valence-electron chi connectivity index (χ3n) is 9.71. The van der Waals surface area contributed by atoms with Gasteiger partial charge in [0.2, 0.25) is 0 Å². The summed E-state index contributed by atoms with van der Waals surface area (Å²) in [5.41, 5.74) is 3.97. The molecule has 56 heavy (non-hydrogen) atoms. The van der Waals surface area contributed by atoms with Gasteiger partial charge in [-0.2, -0.15) is 0 Å². The van der Waals surface area contributed by atoms with Gasteiger partial charge in [0.1, 0.15) is 42.8 Å². The van der Waals surface area contributed by atoms with Crippen LogP contribution in [0.4, 0.5) is 11.4 Å². The highest BCUT2D eigenvalue weighted by atomic mass is 16.9. The Labute approximate surface area is 327 Å². The van der Waals surface area contributed by atoms with Crippen LogP contribution in [-0.4, -0.2) is 102 Å². The van der Waals surface area contributed by atoms with E-state index in [4.69, 9.17) is 28.4 Å². The van der Waals surface area contributed by atoms with Gasteiger partial charge in [0.05, 0.1) is 45.2 Å². The average Bonchev–Trinajstić information content (AvgIpc) is 3.23. The first kappa shape index (κ1) is 39.9. The minimum Gasteiger partial charge on any atom is -0.496 e. The molecule has 0 aliphatic carbocycles. The van der Waals surface area contributed by atoms with Gasteiger partial charge in [0, 0.05) is 69.2 Å². The number of nitrogens with zero attached hydrogens (tertiary/aromatic N) is 4. The highest BCUT2D eigenvalue weighted by Crippen LogP contribution is 2.35. The highest BCUT2D eigenvalue weighted by molar-refractivity contribution is 5.94. The van der Waals surface area contributed by atoms with Crippen LogP contribution in [0.15, 0.2) is 91.0 Å². The van der Waals surface area contributed by atoms with Gasteiger partial charge in [-0.15, -0.1) is 10.1 Å². The zero-order valence-corrected chi connectivity index (χ0v) is 32.0. The van der Waals surface area contributed by atoms with E-state index < -0.39 is 5.09 Å². The Kier molecular flexibility index (Phi) is 14.5. The largest absolute Gasteiger partial charge is 0.496 e. The lowest BCUT2D eigenvalue weighted by atomic mass is 10.1. The summed E-state index contributed by atoms with van der Waals surface area (Å²) in [6.45, 7) is 6.00. The molecule has 14 heteroatoms. The summed E-state index contributed by atoms with van der Waals surface area (Å²) in [5, 5.41) is 9.91. The normalized spacial score (nSPS) is 15.1. The van der Waals surface area contributed by atoms with E-state index in [2.05, 4.69) is 14.6 Å². The van der Waals surface area contributed by atoms with Gasteiger partial charge in [-0.3, -0.25) is 4.79 Å². The predicted octanol–water partition coefficient (Wildman–Crippen LogP) is 6.03. The van der Waals surface area contributed by atoms with E-state index in [9.17, 15) is 14.9 Å². The average molecular weight is 771 g/mol. The summed E-state index contributed by atoms with van der Waals surface area (Å²) in [5.74, 6) is 2.94. The summed E-state index contributed by atoms with van der Waals surface area (Å²) < 4.78 is 35.0.